The fraction of sp³-hybridized carbons (Fsp3) is 0.348. The maximum Gasteiger partial charge on any atom is 0.171 e. The smallest absolute Gasteiger partial charge is 0.171 e. The number of Topliss-reactive ketones (excluding diaryl/α,β-unsaturated/α-hetero) is 1. The highest BCUT2D eigenvalue weighted by Gasteiger charge is 2.32. The molecule has 5 nitrogen and oxygen atoms in total. The number of aliphatic hydroxyl groups excluding tert-OH is 1. The first-order valence-corrected chi connectivity index (χ1v) is 9.78. The summed E-state index contributed by atoms with van der Waals surface area (Å²) in [6.07, 6.45) is 0.353. The number of nitrogens with zero attached hydrogens (tertiary/aromatic N) is 1. The van der Waals surface area contributed by atoms with Crippen molar-refractivity contribution in [3.05, 3.63) is 70.3 Å². The number of fused-ring (bicyclic) bond motifs is 2. The standard InChI is InChI=1S/C23H23NO4/c25-13-18-12-24(7-8-27-18)11-15-5-6-20-17(9-15)14-28-23(20)22-19-4-2-1-3-16(19)10-21(22)26/h1-6,9,18,25H,7-8,10-14H2/b23-22+. The van der Waals surface area contributed by atoms with Gasteiger partial charge in [0, 0.05) is 37.2 Å². The molecule has 2 heterocycles. The fourth-order valence-corrected chi connectivity index (χ4v) is 4.39. The van der Waals surface area contributed by atoms with Gasteiger partial charge < -0.3 is 14.6 Å². The monoisotopic (exact) mass is 377 g/mol. The molecule has 0 saturated carbocycles. The van der Waals surface area contributed by atoms with Crippen molar-refractivity contribution in [1.82, 2.24) is 4.90 Å². The third-order valence-corrected chi connectivity index (χ3v) is 5.76. The molecule has 5 rings (SSSR count). The summed E-state index contributed by atoms with van der Waals surface area (Å²) in [5.41, 5.74) is 6.17. The number of carbonyl (C=O) groups excluding carboxylic acids is 1. The Bertz CT molecular complexity index is 965. The number of aliphatic hydroxyl groups is 1. The molecule has 0 aromatic heterocycles. The first kappa shape index (κ1) is 17.6. The normalized spacial score (nSPS) is 24.2. The molecule has 1 fully saturated rings. The van der Waals surface area contributed by atoms with Crippen LogP contribution in [0.25, 0.3) is 11.3 Å². The van der Waals surface area contributed by atoms with E-state index in [0.717, 1.165) is 53.2 Å². The van der Waals surface area contributed by atoms with Gasteiger partial charge in [-0.1, -0.05) is 42.5 Å². The van der Waals surface area contributed by atoms with E-state index in [9.17, 15) is 9.90 Å². The van der Waals surface area contributed by atoms with Crippen LogP contribution in [-0.2, 0) is 33.8 Å². The number of morpholine rings is 1. The second kappa shape index (κ2) is 7.17. The first-order chi connectivity index (χ1) is 13.7. The highest BCUT2D eigenvalue weighted by atomic mass is 16.5. The lowest BCUT2D eigenvalue weighted by Gasteiger charge is -2.32. The van der Waals surface area contributed by atoms with Crippen LogP contribution in [0.5, 0.6) is 0 Å². The fourth-order valence-electron chi connectivity index (χ4n) is 4.39. The Hall–Kier alpha value is -2.47. The molecule has 2 aromatic rings. The van der Waals surface area contributed by atoms with Crippen molar-refractivity contribution in [3.63, 3.8) is 0 Å². The van der Waals surface area contributed by atoms with Gasteiger partial charge in [-0.25, -0.2) is 0 Å². The first-order valence-electron chi connectivity index (χ1n) is 9.78. The Morgan fingerprint density at radius 3 is 2.89 bits per heavy atom. The molecule has 1 saturated heterocycles. The molecule has 1 atom stereocenters. The van der Waals surface area contributed by atoms with E-state index in [4.69, 9.17) is 9.47 Å². The molecule has 5 heteroatoms. The molecule has 1 N–H and O–H groups in total. The summed E-state index contributed by atoms with van der Waals surface area (Å²) in [5, 5.41) is 9.33. The predicted molar refractivity (Wildman–Crippen MR) is 105 cm³/mol. The summed E-state index contributed by atoms with van der Waals surface area (Å²) < 4.78 is 11.5. The van der Waals surface area contributed by atoms with Crippen LogP contribution in [0.15, 0.2) is 42.5 Å². The lowest BCUT2D eigenvalue weighted by molar-refractivity contribution is -0.112. The van der Waals surface area contributed by atoms with E-state index in [1.54, 1.807) is 0 Å². The Morgan fingerprint density at radius 1 is 1.11 bits per heavy atom. The summed E-state index contributed by atoms with van der Waals surface area (Å²) in [7, 11) is 0. The van der Waals surface area contributed by atoms with Crippen LogP contribution in [0, 0.1) is 0 Å². The molecule has 2 aliphatic heterocycles. The van der Waals surface area contributed by atoms with Crippen LogP contribution >= 0.6 is 0 Å². The van der Waals surface area contributed by atoms with E-state index in [2.05, 4.69) is 23.1 Å². The van der Waals surface area contributed by atoms with Gasteiger partial charge in [-0.3, -0.25) is 9.69 Å². The topological polar surface area (TPSA) is 59.0 Å². The van der Waals surface area contributed by atoms with Gasteiger partial charge in [-0.05, 0) is 16.7 Å². The molecule has 0 amide bonds. The maximum atomic E-state index is 12.6. The van der Waals surface area contributed by atoms with Crippen LogP contribution in [-0.4, -0.2) is 48.2 Å². The second-order valence-corrected chi connectivity index (χ2v) is 7.65. The number of hydrogen-bond acceptors (Lipinski definition) is 5. The molecule has 3 aliphatic rings. The predicted octanol–water partition coefficient (Wildman–Crippen LogP) is 2.40. The lowest BCUT2D eigenvalue weighted by Crippen LogP contribution is -2.43. The van der Waals surface area contributed by atoms with Crippen molar-refractivity contribution in [3.8, 4) is 0 Å². The summed E-state index contributed by atoms with van der Waals surface area (Å²) >= 11 is 0. The van der Waals surface area contributed by atoms with Crippen molar-refractivity contribution in [1.29, 1.82) is 0 Å². The number of carbonyl (C=O) groups is 1. The summed E-state index contributed by atoms with van der Waals surface area (Å²) in [4.78, 5) is 14.9. The minimum absolute atomic E-state index is 0.0565. The number of ketones is 1. The Kier molecular flexibility index (Phi) is 4.51. The number of allylic oxidation sites excluding steroid dienone is 1. The average Bonchev–Trinajstić information content (AvgIpc) is 3.27. The number of ether oxygens (including phenoxy) is 2. The molecule has 0 bridgehead atoms. The van der Waals surface area contributed by atoms with Gasteiger partial charge in [0.05, 0.1) is 24.9 Å². The maximum absolute atomic E-state index is 12.6. The Morgan fingerprint density at radius 2 is 2.00 bits per heavy atom. The zero-order valence-electron chi connectivity index (χ0n) is 15.7. The van der Waals surface area contributed by atoms with Crippen molar-refractivity contribution < 1.29 is 19.4 Å². The zero-order chi connectivity index (χ0) is 19.1. The van der Waals surface area contributed by atoms with Crippen LogP contribution in [0.1, 0.15) is 27.8 Å². The zero-order valence-corrected chi connectivity index (χ0v) is 15.7. The van der Waals surface area contributed by atoms with E-state index in [1.807, 2.05) is 24.3 Å². The highest BCUT2D eigenvalue weighted by molar-refractivity contribution is 6.31. The van der Waals surface area contributed by atoms with Gasteiger partial charge in [0.15, 0.2) is 5.78 Å². The molecular weight excluding hydrogens is 354 g/mol. The molecule has 1 aliphatic carbocycles. The highest BCUT2D eigenvalue weighted by Crippen LogP contribution is 2.40. The van der Waals surface area contributed by atoms with Gasteiger partial charge >= 0.3 is 0 Å². The van der Waals surface area contributed by atoms with Crippen molar-refractivity contribution in [2.24, 2.45) is 0 Å². The number of rotatable bonds is 3. The average molecular weight is 377 g/mol. The number of hydrogen-bond donors (Lipinski definition) is 1. The molecule has 144 valence electrons. The van der Waals surface area contributed by atoms with Crippen LogP contribution in [0.3, 0.4) is 0 Å². The quantitative estimate of drug-likeness (QED) is 0.833. The minimum atomic E-state index is -0.101. The second-order valence-electron chi connectivity index (χ2n) is 7.65. The summed E-state index contributed by atoms with van der Waals surface area (Å²) in [6.45, 7) is 3.63. The third kappa shape index (κ3) is 3.05. The summed E-state index contributed by atoms with van der Waals surface area (Å²) in [5.74, 6) is 0.861. The van der Waals surface area contributed by atoms with Crippen LogP contribution in [0.2, 0.25) is 0 Å². The molecular formula is C23H23NO4. The van der Waals surface area contributed by atoms with Gasteiger partial charge in [0.1, 0.15) is 12.4 Å². The van der Waals surface area contributed by atoms with Crippen LogP contribution in [0.4, 0.5) is 0 Å². The molecule has 1 unspecified atom stereocenters. The largest absolute Gasteiger partial charge is 0.487 e. The van der Waals surface area contributed by atoms with E-state index in [0.29, 0.717) is 19.6 Å². The molecule has 0 spiro atoms. The Balaban J connectivity index is 1.43. The van der Waals surface area contributed by atoms with Gasteiger partial charge in [0.2, 0.25) is 0 Å². The molecule has 2 aromatic carbocycles. The van der Waals surface area contributed by atoms with Crippen molar-refractivity contribution >= 4 is 17.1 Å². The van der Waals surface area contributed by atoms with E-state index < -0.39 is 0 Å². The SMILES string of the molecule is O=C1Cc2ccccc2/C1=C1\OCc2cc(CN3CCOC(CO)C3)ccc21. The molecule has 28 heavy (non-hydrogen) atoms. The lowest BCUT2D eigenvalue weighted by atomic mass is 9.99. The minimum Gasteiger partial charge on any atom is -0.487 e. The molecule has 0 radical (unpaired) electrons. The Labute approximate surface area is 164 Å². The van der Waals surface area contributed by atoms with Crippen molar-refractivity contribution in [2.45, 2.75) is 25.7 Å². The van der Waals surface area contributed by atoms with Gasteiger partial charge in [-0.15, -0.1) is 0 Å². The third-order valence-electron chi connectivity index (χ3n) is 5.76. The van der Waals surface area contributed by atoms with E-state index in [-0.39, 0.29) is 18.5 Å². The number of benzene rings is 2. The van der Waals surface area contributed by atoms with E-state index in [1.165, 1.54) is 5.56 Å². The summed E-state index contributed by atoms with van der Waals surface area (Å²) in [6, 6.07) is 14.3. The van der Waals surface area contributed by atoms with Gasteiger partial charge in [0.25, 0.3) is 0 Å². The van der Waals surface area contributed by atoms with Gasteiger partial charge in [-0.2, -0.15) is 0 Å². The van der Waals surface area contributed by atoms with E-state index >= 15 is 0 Å². The van der Waals surface area contributed by atoms with Crippen molar-refractivity contribution in [2.75, 3.05) is 26.3 Å². The van der Waals surface area contributed by atoms with Crippen LogP contribution < -0.4 is 0 Å².